The summed E-state index contributed by atoms with van der Waals surface area (Å²) in [7, 11) is 1.31. The van der Waals surface area contributed by atoms with E-state index in [-0.39, 0.29) is 6.42 Å². The number of fused-ring (bicyclic) bond motifs is 1. The number of hydrogen-bond donors (Lipinski definition) is 1. The van der Waals surface area contributed by atoms with Gasteiger partial charge >= 0.3 is 5.97 Å². The number of rotatable bonds is 3. The van der Waals surface area contributed by atoms with E-state index in [9.17, 15) is 9.90 Å². The molecule has 17 heavy (non-hydrogen) atoms. The van der Waals surface area contributed by atoms with Gasteiger partial charge in [-0.2, -0.15) is 0 Å². The van der Waals surface area contributed by atoms with Crippen LogP contribution in [0.15, 0.2) is 36.7 Å². The van der Waals surface area contributed by atoms with Gasteiger partial charge in [0.25, 0.3) is 0 Å². The number of aliphatic hydroxyl groups is 1. The number of hydrogen-bond acceptors (Lipinski definition) is 4. The lowest BCUT2D eigenvalue weighted by Gasteiger charge is -2.12. The molecule has 1 heterocycles. The van der Waals surface area contributed by atoms with Crippen molar-refractivity contribution in [3.63, 3.8) is 0 Å². The monoisotopic (exact) mass is 231 g/mol. The topological polar surface area (TPSA) is 59.4 Å². The van der Waals surface area contributed by atoms with Crippen LogP contribution in [0.4, 0.5) is 0 Å². The van der Waals surface area contributed by atoms with E-state index in [2.05, 4.69) is 9.72 Å². The van der Waals surface area contributed by atoms with E-state index in [1.807, 2.05) is 18.2 Å². The van der Waals surface area contributed by atoms with Crippen molar-refractivity contribution in [2.24, 2.45) is 0 Å². The lowest BCUT2D eigenvalue weighted by molar-refractivity contribution is -0.142. The van der Waals surface area contributed by atoms with Crippen molar-refractivity contribution < 1.29 is 14.6 Å². The molecule has 1 aromatic heterocycles. The van der Waals surface area contributed by atoms with Gasteiger partial charge in [-0.1, -0.05) is 18.2 Å². The second-order valence-electron chi connectivity index (χ2n) is 3.74. The minimum Gasteiger partial charge on any atom is -0.469 e. The van der Waals surface area contributed by atoms with Gasteiger partial charge in [0.2, 0.25) is 0 Å². The Morgan fingerprint density at radius 2 is 2.29 bits per heavy atom. The van der Waals surface area contributed by atoms with Gasteiger partial charge in [0.1, 0.15) is 0 Å². The van der Waals surface area contributed by atoms with Crippen molar-refractivity contribution in [3.05, 3.63) is 42.2 Å². The second kappa shape index (κ2) is 4.93. The number of pyridine rings is 1. The van der Waals surface area contributed by atoms with Crippen LogP contribution in [0.25, 0.3) is 10.8 Å². The predicted octanol–water partition coefficient (Wildman–Crippen LogP) is 1.83. The van der Waals surface area contributed by atoms with Gasteiger partial charge < -0.3 is 9.84 Å². The average molecular weight is 231 g/mol. The zero-order valence-corrected chi connectivity index (χ0v) is 9.46. The number of benzene rings is 1. The lowest BCUT2D eigenvalue weighted by atomic mass is 10.0. The molecule has 0 aliphatic heterocycles. The number of nitrogens with zero attached hydrogens (tertiary/aromatic N) is 1. The number of aromatic nitrogens is 1. The van der Waals surface area contributed by atoms with Crippen LogP contribution in [0.2, 0.25) is 0 Å². The van der Waals surface area contributed by atoms with Crippen LogP contribution in [-0.4, -0.2) is 23.2 Å². The molecule has 4 nitrogen and oxygen atoms in total. The van der Waals surface area contributed by atoms with Crippen LogP contribution in [0.5, 0.6) is 0 Å². The molecule has 1 unspecified atom stereocenters. The molecule has 88 valence electrons. The third kappa shape index (κ3) is 2.42. The normalized spacial score (nSPS) is 12.4. The minimum absolute atomic E-state index is 0.0437. The van der Waals surface area contributed by atoms with Crippen LogP contribution in [-0.2, 0) is 9.53 Å². The van der Waals surface area contributed by atoms with Crippen molar-refractivity contribution in [2.75, 3.05) is 7.11 Å². The van der Waals surface area contributed by atoms with Gasteiger partial charge in [-0.15, -0.1) is 0 Å². The number of carbonyl (C=O) groups excluding carboxylic acids is 1. The van der Waals surface area contributed by atoms with Crippen molar-refractivity contribution >= 4 is 16.7 Å². The molecule has 0 spiro atoms. The molecule has 0 radical (unpaired) electrons. The summed E-state index contributed by atoms with van der Waals surface area (Å²) in [6.45, 7) is 0. The molecule has 0 saturated carbocycles. The Bertz CT molecular complexity index is 534. The third-order valence-corrected chi connectivity index (χ3v) is 2.66. The van der Waals surface area contributed by atoms with E-state index < -0.39 is 12.1 Å². The highest BCUT2D eigenvalue weighted by molar-refractivity contribution is 5.85. The molecule has 0 bridgehead atoms. The molecule has 4 heteroatoms. The molecule has 0 saturated heterocycles. The Morgan fingerprint density at radius 3 is 3.06 bits per heavy atom. The van der Waals surface area contributed by atoms with Crippen LogP contribution in [0.3, 0.4) is 0 Å². The Kier molecular flexibility index (Phi) is 3.35. The van der Waals surface area contributed by atoms with E-state index in [4.69, 9.17) is 0 Å². The molecule has 2 rings (SSSR count). The molecule has 2 aromatic rings. The second-order valence-corrected chi connectivity index (χ2v) is 3.74. The van der Waals surface area contributed by atoms with Gasteiger partial charge in [0.05, 0.1) is 19.6 Å². The summed E-state index contributed by atoms with van der Waals surface area (Å²) < 4.78 is 4.54. The Balaban J connectivity index is 2.38. The van der Waals surface area contributed by atoms with E-state index in [1.165, 1.54) is 7.11 Å². The number of methoxy groups -OCH3 is 1. The summed E-state index contributed by atoms with van der Waals surface area (Å²) in [5.74, 6) is -0.427. The first-order valence-corrected chi connectivity index (χ1v) is 5.30. The molecule has 0 aliphatic rings. The molecule has 0 amide bonds. The maximum absolute atomic E-state index is 11.1. The predicted molar refractivity (Wildman–Crippen MR) is 63.3 cm³/mol. The van der Waals surface area contributed by atoms with Crippen molar-refractivity contribution in [2.45, 2.75) is 12.5 Å². The SMILES string of the molecule is COC(=O)CC(O)c1cccc2cnccc12. The fourth-order valence-electron chi connectivity index (χ4n) is 1.79. The number of aliphatic hydroxyl groups excluding tert-OH is 1. The van der Waals surface area contributed by atoms with Crippen LogP contribution in [0, 0.1) is 0 Å². The van der Waals surface area contributed by atoms with Crippen molar-refractivity contribution in [1.82, 2.24) is 4.98 Å². The molecular formula is C13H13NO3. The molecular weight excluding hydrogens is 218 g/mol. The molecule has 0 aliphatic carbocycles. The van der Waals surface area contributed by atoms with Gasteiger partial charge in [-0.25, -0.2) is 0 Å². The highest BCUT2D eigenvalue weighted by Gasteiger charge is 2.15. The lowest BCUT2D eigenvalue weighted by Crippen LogP contribution is -2.08. The van der Waals surface area contributed by atoms with Gasteiger partial charge in [-0.05, 0) is 17.0 Å². The van der Waals surface area contributed by atoms with Crippen LogP contribution < -0.4 is 0 Å². The smallest absolute Gasteiger partial charge is 0.308 e. The standard InChI is InChI=1S/C13H13NO3/c1-17-13(16)7-12(15)11-4-2-3-9-8-14-6-5-10(9)11/h2-6,8,12,15H,7H2,1H3. The highest BCUT2D eigenvalue weighted by atomic mass is 16.5. The fourth-order valence-corrected chi connectivity index (χ4v) is 1.79. The largest absolute Gasteiger partial charge is 0.469 e. The summed E-state index contributed by atoms with van der Waals surface area (Å²) in [6.07, 6.45) is 2.49. The first-order chi connectivity index (χ1) is 8.22. The van der Waals surface area contributed by atoms with E-state index in [1.54, 1.807) is 18.5 Å². The summed E-state index contributed by atoms with van der Waals surface area (Å²) in [5, 5.41) is 11.8. The van der Waals surface area contributed by atoms with E-state index in [0.29, 0.717) is 0 Å². The third-order valence-electron chi connectivity index (χ3n) is 2.66. The summed E-state index contributed by atoms with van der Waals surface area (Å²) in [5.41, 5.74) is 0.718. The Morgan fingerprint density at radius 1 is 1.47 bits per heavy atom. The maximum Gasteiger partial charge on any atom is 0.308 e. The number of esters is 1. The van der Waals surface area contributed by atoms with Gasteiger partial charge in [0.15, 0.2) is 0 Å². The molecule has 0 fully saturated rings. The molecule has 1 N–H and O–H groups in total. The maximum atomic E-state index is 11.1. The zero-order valence-electron chi connectivity index (χ0n) is 9.46. The summed E-state index contributed by atoms with van der Waals surface area (Å²) >= 11 is 0. The summed E-state index contributed by atoms with van der Waals surface area (Å²) in [4.78, 5) is 15.2. The highest BCUT2D eigenvalue weighted by Crippen LogP contribution is 2.25. The zero-order chi connectivity index (χ0) is 12.3. The minimum atomic E-state index is -0.853. The van der Waals surface area contributed by atoms with Crippen molar-refractivity contribution in [3.8, 4) is 0 Å². The van der Waals surface area contributed by atoms with Gasteiger partial charge in [-0.3, -0.25) is 9.78 Å². The van der Waals surface area contributed by atoms with E-state index >= 15 is 0 Å². The van der Waals surface area contributed by atoms with E-state index in [0.717, 1.165) is 16.3 Å². The Labute approximate surface area is 98.9 Å². The molecule has 1 aromatic carbocycles. The fraction of sp³-hybridized carbons (Fsp3) is 0.231. The average Bonchev–Trinajstić information content (AvgIpc) is 2.37. The quantitative estimate of drug-likeness (QED) is 0.819. The first kappa shape index (κ1) is 11.5. The number of ether oxygens (including phenoxy) is 1. The van der Waals surface area contributed by atoms with Gasteiger partial charge in [0, 0.05) is 17.8 Å². The van der Waals surface area contributed by atoms with Crippen molar-refractivity contribution in [1.29, 1.82) is 0 Å². The van der Waals surface area contributed by atoms with Crippen LogP contribution in [0.1, 0.15) is 18.1 Å². The first-order valence-electron chi connectivity index (χ1n) is 5.30. The molecule has 1 atom stereocenters. The Hall–Kier alpha value is -1.94. The summed E-state index contributed by atoms with van der Waals surface area (Å²) in [6, 6.07) is 7.37. The number of carbonyl (C=O) groups is 1. The van der Waals surface area contributed by atoms with Crippen LogP contribution >= 0.6 is 0 Å².